The van der Waals surface area contributed by atoms with Gasteiger partial charge in [-0.05, 0) is 31.9 Å². The molecular formula is C13H18N2O3S. The van der Waals surface area contributed by atoms with Crippen LogP contribution in [0, 0.1) is 0 Å². The zero-order valence-corrected chi connectivity index (χ0v) is 11.7. The van der Waals surface area contributed by atoms with Crippen LogP contribution < -0.4 is 5.73 Å². The molecule has 1 aromatic rings. The van der Waals surface area contributed by atoms with Crippen molar-refractivity contribution in [3.05, 3.63) is 29.8 Å². The van der Waals surface area contributed by atoms with Crippen molar-refractivity contribution in [2.75, 3.05) is 13.1 Å². The minimum Gasteiger partial charge on any atom is -0.327 e. The van der Waals surface area contributed by atoms with Crippen LogP contribution in [-0.4, -0.2) is 37.6 Å². The molecule has 104 valence electrons. The van der Waals surface area contributed by atoms with E-state index in [2.05, 4.69) is 0 Å². The third kappa shape index (κ3) is 3.02. The summed E-state index contributed by atoms with van der Waals surface area (Å²) >= 11 is 0. The first-order chi connectivity index (χ1) is 8.91. The van der Waals surface area contributed by atoms with Gasteiger partial charge in [0, 0.05) is 24.7 Å². The maximum Gasteiger partial charge on any atom is 0.243 e. The van der Waals surface area contributed by atoms with E-state index in [1.807, 2.05) is 0 Å². The van der Waals surface area contributed by atoms with E-state index in [4.69, 9.17) is 5.73 Å². The van der Waals surface area contributed by atoms with Crippen LogP contribution in [0.4, 0.5) is 0 Å². The van der Waals surface area contributed by atoms with E-state index in [1.165, 1.54) is 23.4 Å². The summed E-state index contributed by atoms with van der Waals surface area (Å²) in [7, 11) is -3.55. The van der Waals surface area contributed by atoms with Gasteiger partial charge in [-0.15, -0.1) is 0 Å². The second-order valence-electron chi connectivity index (χ2n) is 4.85. The predicted molar refractivity (Wildman–Crippen MR) is 72.4 cm³/mol. The zero-order valence-electron chi connectivity index (χ0n) is 10.9. The topological polar surface area (TPSA) is 80.5 Å². The molecule has 0 radical (unpaired) electrons. The summed E-state index contributed by atoms with van der Waals surface area (Å²) in [5, 5.41) is 0. The van der Waals surface area contributed by atoms with Crippen molar-refractivity contribution >= 4 is 15.8 Å². The predicted octanol–water partition coefficient (Wildman–Crippen LogP) is 1.00. The van der Waals surface area contributed by atoms with Crippen LogP contribution in [-0.2, 0) is 10.0 Å². The van der Waals surface area contributed by atoms with E-state index in [1.54, 1.807) is 12.1 Å². The Balaban J connectivity index is 2.33. The monoisotopic (exact) mass is 282 g/mol. The molecular weight excluding hydrogens is 264 g/mol. The lowest BCUT2D eigenvalue weighted by molar-refractivity contribution is 0.101. The lowest BCUT2D eigenvalue weighted by Crippen LogP contribution is -2.45. The first-order valence-corrected chi connectivity index (χ1v) is 7.72. The van der Waals surface area contributed by atoms with Crippen LogP contribution in [0.3, 0.4) is 0 Å². The van der Waals surface area contributed by atoms with Crippen LogP contribution in [0.2, 0.25) is 0 Å². The fraction of sp³-hybridized carbons (Fsp3) is 0.462. The second kappa shape index (κ2) is 5.40. The standard InChI is InChI=1S/C13H18N2O3S/c1-10(16)11-4-2-6-13(8-11)19(17,18)15-7-3-5-12(14)9-15/h2,4,6,8,12H,3,5,7,9,14H2,1H3. The smallest absolute Gasteiger partial charge is 0.243 e. The van der Waals surface area contributed by atoms with E-state index in [9.17, 15) is 13.2 Å². The third-order valence-electron chi connectivity index (χ3n) is 3.30. The average Bonchev–Trinajstić information content (AvgIpc) is 2.39. The highest BCUT2D eigenvalue weighted by molar-refractivity contribution is 7.89. The molecule has 0 bridgehead atoms. The molecule has 0 amide bonds. The number of benzene rings is 1. The number of piperidine rings is 1. The van der Waals surface area contributed by atoms with Gasteiger partial charge in [0.2, 0.25) is 10.0 Å². The molecule has 1 aliphatic heterocycles. The Hall–Kier alpha value is -1.24. The number of carbonyl (C=O) groups is 1. The Morgan fingerprint density at radius 2 is 2.16 bits per heavy atom. The summed E-state index contributed by atoms with van der Waals surface area (Å²) in [5.74, 6) is -0.146. The number of sulfonamides is 1. The maximum atomic E-state index is 12.5. The Labute approximate surface area is 113 Å². The van der Waals surface area contributed by atoms with Crippen molar-refractivity contribution in [1.29, 1.82) is 0 Å². The van der Waals surface area contributed by atoms with E-state index in [0.29, 0.717) is 18.7 Å². The highest BCUT2D eigenvalue weighted by atomic mass is 32.2. The number of rotatable bonds is 3. The molecule has 1 aromatic carbocycles. The first kappa shape index (κ1) is 14.2. The molecule has 1 saturated heterocycles. The van der Waals surface area contributed by atoms with Crippen molar-refractivity contribution in [2.45, 2.75) is 30.7 Å². The molecule has 5 nitrogen and oxygen atoms in total. The third-order valence-corrected chi connectivity index (χ3v) is 5.16. The van der Waals surface area contributed by atoms with Crippen LogP contribution in [0.25, 0.3) is 0 Å². The number of Topliss-reactive ketones (excluding diaryl/α,β-unsaturated/α-hetero) is 1. The van der Waals surface area contributed by atoms with E-state index in [-0.39, 0.29) is 16.7 Å². The quantitative estimate of drug-likeness (QED) is 0.839. The fourth-order valence-corrected chi connectivity index (χ4v) is 3.80. The van der Waals surface area contributed by atoms with Crippen molar-refractivity contribution in [1.82, 2.24) is 4.31 Å². The molecule has 1 aliphatic rings. The van der Waals surface area contributed by atoms with Crippen LogP contribution in [0.1, 0.15) is 30.1 Å². The van der Waals surface area contributed by atoms with Crippen LogP contribution in [0.15, 0.2) is 29.2 Å². The normalized spacial score (nSPS) is 21.3. The molecule has 1 fully saturated rings. The molecule has 0 spiro atoms. The van der Waals surface area contributed by atoms with Gasteiger partial charge in [-0.25, -0.2) is 8.42 Å². The molecule has 2 rings (SSSR count). The van der Waals surface area contributed by atoms with Crippen molar-refractivity contribution in [3.8, 4) is 0 Å². The van der Waals surface area contributed by atoms with E-state index in [0.717, 1.165) is 12.8 Å². The number of carbonyl (C=O) groups excluding carboxylic acids is 1. The minimum absolute atomic E-state index is 0.112. The number of nitrogens with zero attached hydrogens (tertiary/aromatic N) is 1. The summed E-state index contributed by atoms with van der Waals surface area (Å²) in [6, 6.07) is 6.04. The number of hydrogen-bond donors (Lipinski definition) is 1. The van der Waals surface area contributed by atoms with Gasteiger partial charge in [0.15, 0.2) is 5.78 Å². The average molecular weight is 282 g/mol. The molecule has 1 atom stereocenters. The van der Waals surface area contributed by atoms with Gasteiger partial charge in [0.1, 0.15) is 0 Å². The van der Waals surface area contributed by atoms with Crippen molar-refractivity contribution in [2.24, 2.45) is 5.73 Å². The SMILES string of the molecule is CC(=O)c1cccc(S(=O)(=O)N2CCCC(N)C2)c1. The summed E-state index contributed by atoms with van der Waals surface area (Å²) in [6.07, 6.45) is 1.62. The van der Waals surface area contributed by atoms with Gasteiger partial charge in [0.25, 0.3) is 0 Å². The van der Waals surface area contributed by atoms with E-state index < -0.39 is 10.0 Å². The molecule has 6 heteroatoms. The summed E-state index contributed by atoms with van der Waals surface area (Å²) in [4.78, 5) is 11.5. The van der Waals surface area contributed by atoms with Crippen LogP contribution in [0.5, 0.6) is 0 Å². The lowest BCUT2D eigenvalue weighted by Gasteiger charge is -2.29. The Morgan fingerprint density at radius 3 is 2.79 bits per heavy atom. The molecule has 0 aromatic heterocycles. The van der Waals surface area contributed by atoms with Gasteiger partial charge >= 0.3 is 0 Å². The molecule has 1 unspecified atom stereocenters. The van der Waals surface area contributed by atoms with Gasteiger partial charge in [0.05, 0.1) is 4.90 Å². The number of ketones is 1. The summed E-state index contributed by atoms with van der Waals surface area (Å²) in [5.41, 5.74) is 6.22. The van der Waals surface area contributed by atoms with Crippen molar-refractivity contribution in [3.63, 3.8) is 0 Å². The van der Waals surface area contributed by atoms with Crippen molar-refractivity contribution < 1.29 is 13.2 Å². The van der Waals surface area contributed by atoms with Gasteiger partial charge in [-0.2, -0.15) is 4.31 Å². The molecule has 1 heterocycles. The highest BCUT2D eigenvalue weighted by Crippen LogP contribution is 2.21. The Bertz CT molecular complexity index is 583. The fourth-order valence-electron chi connectivity index (χ4n) is 2.22. The van der Waals surface area contributed by atoms with Gasteiger partial charge in [-0.1, -0.05) is 12.1 Å². The maximum absolute atomic E-state index is 12.5. The Kier molecular flexibility index (Phi) is 4.03. The zero-order chi connectivity index (χ0) is 14.0. The largest absolute Gasteiger partial charge is 0.327 e. The molecule has 19 heavy (non-hydrogen) atoms. The van der Waals surface area contributed by atoms with E-state index >= 15 is 0 Å². The van der Waals surface area contributed by atoms with Gasteiger partial charge < -0.3 is 5.73 Å². The first-order valence-electron chi connectivity index (χ1n) is 6.28. The van der Waals surface area contributed by atoms with Crippen LogP contribution >= 0.6 is 0 Å². The highest BCUT2D eigenvalue weighted by Gasteiger charge is 2.29. The molecule has 0 saturated carbocycles. The summed E-state index contributed by atoms with van der Waals surface area (Å²) in [6.45, 7) is 2.25. The minimum atomic E-state index is -3.55. The molecule has 0 aliphatic carbocycles. The number of hydrogen-bond acceptors (Lipinski definition) is 4. The second-order valence-corrected chi connectivity index (χ2v) is 6.79. The van der Waals surface area contributed by atoms with Gasteiger partial charge in [-0.3, -0.25) is 4.79 Å². The Morgan fingerprint density at radius 1 is 1.42 bits per heavy atom. The number of nitrogens with two attached hydrogens (primary N) is 1. The lowest BCUT2D eigenvalue weighted by atomic mass is 10.1. The summed E-state index contributed by atoms with van der Waals surface area (Å²) < 4.78 is 26.3. The molecule has 2 N–H and O–H groups in total.